The third-order valence-corrected chi connectivity index (χ3v) is 1.95. The van der Waals surface area contributed by atoms with Crippen LogP contribution >= 0.6 is 0 Å². The van der Waals surface area contributed by atoms with Gasteiger partial charge in [-0.2, -0.15) is 0 Å². The van der Waals surface area contributed by atoms with Gasteiger partial charge in [0.1, 0.15) is 5.82 Å². The highest BCUT2D eigenvalue weighted by Gasteiger charge is 2.05. The van der Waals surface area contributed by atoms with Crippen LogP contribution < -0.4 is 5.73 Å². The Bertz CT molecular complexity index is 269. The predicted octanol–water partition coefficient (Wildman–Crippen LogP) is 2.41. The molecule has 66 valence electrons. The van der Waals surface area contributed by atoms with Crippen molar-refractivity contribution in [2.24, 2.45) is 5.73 Å². The second-order valence-electron chi connectivity index (χ2n) is 3.20. The summed E-state index contributed by atoms with van der Waals surface area (Å²) in [5.41, 5.74) is 7.54. The minimum Gasteiger partial charge on any atom is -0.326 e. The van der Waals surface area contributed by atoms with Gasteiger partial charge in [0.2, 0.25) is 0 Å². The summed E-state index contributed by atoms with van der Waals surface area (Å²) in [5.74, 6) is 0.198. The van der Waals surface area contributed by atoms with E-state index in [1.807, 2.05) is 6.07 Å². The van der Waals surface area contributed by atoms with Crippen molar-refractivity contribution >= 4 is 0 Å². The molecule has 0 aromatic heterocycles. The molecule has 0 atom stereocenters. The Hall–Kier alpha value is -0.890. The molecule has 0 fully saturated rings. The molecule has 0 saturated carbocycles. The number of rotatable bonds is 2. The van der Waals surface area contributed by atoms with E-state index in [-0.39, 0.29) is 5.82 Å². The molecule has 1 nitrogen and oxygen atoms in total. The minimum atomic E-state index is -0.208. The van der Waals surface area contributed by atoms with E-state index in [4.69, 9.17) is 5.73 Å². The van der Waals surface area contributed by atoms with E-state index in [2.05, 4.69) is 13.8 Å². The zero-order valence-corrected chi connectivity index (χ0v) is 7.47. The zero-order chi connectivity index (χ0) is 9.14. The molecule has 2 heteroatoms. The monoisotopic (exact) mass is 167 g/mol. The number of benzene rings is 1. The normalized spacial score (nSPS) is 10.8. The Morgan fingerprint density at radius 1 is 1.42 bits per heavy atom. The van der Waals surface area contributed by atoms with E-state index in [1.54, 1.807) is 0 Å². The lowest BCUT2D eigenvalue weighted by molar-refractivity contribution is 0.623. The third kappa shape index (κ3) is 1.83. The van der Waals surface area contributed by atoms with Crippen LogP contribution in [0.1, 0.15) is 30.9 Å². The van der Waals surface area contributed by atoms with Gasteiger partial charge in [-0.3, -0.25) is 0 Å². The van der Waals surface area contributed by atoms with Crippen molar-refractivity contribution < 1.29 is 4.39 Å². The first-order chi connectivity index (χ1) is 5.65. The first-order valence-electron chi connectivity index (χ1n) is 4.13. The fourth-order valence-corrected chi connectivity index (χ4v) is 1.31. The van der Waals surface area contributed by atoms with Gasteiger partial charge in [-0.1, -0.05) is 19.9 Å². The summed E-state index contributed by atoms with van der Waals surface area (Å²) in [6.45, 7) is 4.56. The summed E-state index contributed by atoms with van der Waals surface area (Å²) >= 11 is 0. The average molecular weight is 167 g/mol. The molecule has 0 heterocycles. The van der Waals surface area contributed by atoms with E-state index in [0.717, 1.165) is 11.1 Å². The standard InChI is InChI=1S/C10H14FN/c1-7(2)10-4-3-9(11)5-8(10)6-12/h3-5,7H,6,12H2,1-2H3. The lowest BCUT2D eigenvalue weighted by atomic mass is 9.97. The molecular weight excluding hydrogens is 153 g/mol. The Morgan fingerprint density at radius 3 is 2.58 bits per heavy atom. The minimum absolute atomic E-state index is 0.208. The Labute approximate surface area is 72.4 Å². The van der Waals surface area contributed by atoms with Gasteiger partial charge in [0, 0.05) is 6.54 Å². The number of halogens is 1. The average Bonchev–Trinajstić information content (AvgIpc) is 2.03. The number of nitrogens with two attached hydrogens (primary N) is 1. The van der Waals surface area contributed by atoms with Crippen LogP contribution in [0.2, 0.25) is 0 Å². The van der Waals surface area contributed by atoms with Crippen LogP contribution in [-0.4, -0.2) is 0 Å². The highest BCUT2D eigenvalue weighted by molar-refractivity contribution is 5.30. The van der Waals surface area contributed by atoms with Gasteiger partial charge in [0.05, 0.1) is 0 Å². The summed E-state index contributed by atoms with van der Waals surface area (Å²) < 4.78 is 12.7. The van der Waals surface area contributed by atoms with Gasteiger partial charge in [-0.15, -0.1) is 0 Å². The molecular formula is C10H14FN. The second kappa shape index (κ2) is 3.68. The molecule has 0 spiro atoms. The fraction of sp³-hybridized carbons (Fsp3) is 0.400. The summed E-state index contributed by atoms with van der Waals surface area (Å²) in [5, 5.41) is 0. The maximum atomic E-state index is 12.7. The van der Waals surface area contributed by atoms with E-state index >= 15 is 0 Å². The molecule has 0 aliphatic rings. The Balaban J connectivity index is 3.11. The molecule has 1 aromatic rings. The van der Waals surface area contributed by atoms with Gasteiger partial charge in [-0.25, -0.2) is 4.39 Å². The van der Waals surface area contributed by atoms with Crippen LogP contribution in [0.3, 0.4) is 0 Å². The molecule has 0 bridgehead atoms. The summed E-state index contributed by atoms with van der Waals surface area (Å²) in [6, 6.07) is 4.80. The second-order valence-corrected chi connectivity index (χ2v) is 3.20. The van der Waals surface area contributed by atoms with Crippen molar-refractivity contribution in [3.05, 3.63) is 35.1 Å². The molecule has 12 heavy (non-hydrogen) atoms. The molecule has 1 aromatic carbocycles. The maximum absolute atomic E-state index is 12.7. The van der Waals surface area contributed by atoms with Crippen LogP contribution in [0.15, 0.2) is 18.2 Å². The van der Waals surface area contributed by atoms with Crippen LogP contribution in [-0.2, 0) is 6.54 Å². The first-order valence-corrected chi connectivity index (χ1v) is 4.13. The van der Waals surface area contributed by atoms with Gasteiger partial charge in [-0.05, 0) is 29.2 Å². The van der Waals surface area contributed by atoms with Gasteiger partial charge in [0.15, 0.2) is 0 Å². The van der Waals surface area contributed by atoms with E-state index in [1.165, 1.54) is 12.1 Å². The quantitative estimate of drug-likeness (QED) is 0.719. The molecule has 0 aliphatic heterocycles. The lowest BCUT2D eigenvalue weighted by Crippen LogP contribution is -2.03. The summed E-state index contributed by atoms with van der Waals surface area (Å²) in [7, 11) is 0. The highest BCUT2D eigenvalue weighted by atomic mass is 19.1. The highest BCUT2D eigenvalue weighted by Crippen LogP contribution is 2.19. The molecule has 0 amide bonds. The predicted molar refractivity (Wildman–Crippen MR) is 48.4 cm³/mol. The SMILES string of the molecule is CC(C)c1ccc(F)cc1CN. The van der Waals surface area contributed by atoms with Crippen LogP contribution in [0.5, 0.6) is 0 Å². The van der Waals surface area contributed by atoms with Crippen LogP contribution in [0.4, 0.5) is 4.39 Å². The van der Waals surface area contributed by atoms with Crippen molar-refractivity contribution in [1.82, 2.24) is 0 Å². The smallest absolute Gasteiger partial charge is 0.123 e. The van der Waals surface area contributed by atoms with Crippen molar-refractivity contribution in [1.29, 1.82) is 0 Å². The van der Waals surface area contributed by atoms with Crippen molar-refractivity contribution in [2.75, 3.05) is 0 Å². The summed E-state index contributed by atoms with van der Waals surface area (Å²) in [6.07, 6.45) is 0. The largest absolute Gasteiger partial charge is 0.326 e. The number of hydrogen-bond acceptors (Lipinski definition) is 1. The maximum Gasteiger partial charge on any atom is 0.123 e. The molecule has 0 unspecified atom stereocenters. The topological polar surface area (TPSA) is 26.0 Å². The van der Waals surface area contributed by atoms with Gasteiger partial charge >= 0.3 is 0 Å². The van der Waals surface area contributed by atoms with E-state index in [9.17, 15) is 4.39 Å². The van der Waals surface area contributed by atoms with E-state index < -0.39 is 0 Å². The molecule has 1 rings (SSSR count). The summed E-state index contributed by atoms with van der Waals surface area (Å²) in [4.78, 5) is 0. The van der Waals surface area contributed by atoms with Crippen LogP contribution in [0, 0.1) is 5.82 Å². The van der Waals surface area contributed by atoms with Gasteiger partial charge < -0.3 is 5.73 Å². The third-order valence-electron chi connectivity index (χ3n) is 1.95. The molecule has 0 radical (unpaired) electrons. The first kappa shape index (κ1) is 9.20. The fourth-order valence-electron chi connectivity index (χ4n) is 1.31. The van der Waals surface area contributed by atoms with Crippen molar-refractivity contribution in [2.45, 2.75) is 26.3 Å². The Kier molecular flexibility index (Phi) is 2.82. The van der Waals surface area contributed by atoms with Crippen molar-refractivity contribution in [3.63, 3.8) is 0 Å². The Morgan fingerprint density at radius 2 is 2.08 bits per heavy atom. The molecule has 2 N–H and O–H groups in total. The van der Waals surface area contributed by atoms with Crippen molar-refractivity contribution in [3.8, 4) is 0 Å². The molecule has 0 aliphatic carbocycles. The van der Waals surface area contributed by atoms with E-state index in [0.29, 0.717) is 12.5 Å². The van der Waals surface area contributed by atoms with Gasteiger partial charge in [0.25, 0.3) is 0 Å². The number of hydrogen-bond donors (Lipinski definition) is 1. The van der Waals surface area contributed by atoms with Crippen LogP contribution in [0.25, 0.3) is 0 Å². The zero-order valence-electron chi connectivity index (χ0n) is 7.47. The molecule has 0 saturated heterocycles. The lowest BCUT2D eigenvalue weighted by Gasteiger charge is -2.10.